The van der Waals surface area contributed by atoms with Gasteiger partial charge in [-0.05, 0) is 41.5 Å². The van der Waals surface area contributed by atoms with E-state index in [2.05, 4.69) is 9.72 Å². The maximum atomic E-state index is 14.3. The normalized spacial score (nSPS) is 17.7. The summed E-state index contributed by atoms with van der Waals surface area (Å²) in [5.74, 6) is -2.27. The fraction of sp³-hybridized carbons (Fsp3) is 0.250. The molecule has 1 atom stereocenters. The van der Waals surface area contributed by atoms with E-state index in [4.69, 9.17) is 17.5 Å². The number of nitrogens with zero attached hydrogens (tertiary/aromatic N) is 4. The van der Waals surface area contributed by atoms with Crippen LogP contribution in [0.2, 0.25) is 0 Å². The summed E-state index contributed by atoms with van der Waals surface area (Å²) in [6.45, 7) is 0.0428. The van der Waals surface area contributed by atoms with Crippen LogP contribution in [0, 0.1) is 17.1 Å². The van der Waals surface area contributed by atoms with Gasteiger partial charge in [0.25, 0.3) is 5.91 Å². The van der Waals surface area contributed by atoms with Crippen molar-refractivity contribution in [2.24, 2.45) is 0 Å². The highest BCUT2D eigenvalue weighted by Crippen LogP contribution is 2.37. The van der Waals surface area contributed by atoms with Crippen LogP contribution in [0.5, 0.6) is 0 Å². The number of thiocarbonyl (C=S) groups is 1. The van der Waals surface area contributed by atoms with E-state index in [0.29, 0.717) is 17.2 Å². The highest BCUT2D eigenvalue weighted by Gasteiger charge is 2.46. The number of methoxy groups -OCH3 is 1. The van der Waals surface area contributed by atoms with E-state index in [1.165, 1.54) is 17.0 Å². The molecule has 12 heteroatoms. The summed E-state index contributed by atoms with van der Waals surface area (Å²) in [6, 6.07) is 3.62. The Hall–Kier alpha value is -3.59. The Bertz CT molecular complexity index is 1220. The summed E-state index contributed by atoms with van der Waals surface area (Å²) in [5.41, 5.74) is -1.60. The average Bonchev–Trinajstić information content (AvgIpc) is 2.99. The molecule has 3 heterocycles. The molecule has 7 nitrogen and oxygen atoms in total. The van der Waals surface area contributed by atoms with Gasteiger partial charge in [-0.15, -0.1) is 0 Å². The Morgan fingerprint density at radius 3 is 2.66 bits per heavy atom. The first kappa shape index (κ1) is 21.6. The molecule has 1 unspecified atom stereocenters. The number of ether oxygens (including phenoxy) is 1. The van der Waals surface area contributed by atoms with E-state index < -0.39 is 41.2 Å². The number of carbonyl (C=O) groups is 2. The molecule has 164 valence electrons. The number of anilines is 1. The second kappa shape index (κ2) is 7.52. The van der Waals surface area contributed by atoms with Gasteiger partial charge in [0.2, 0.25) is 0 Å². The lowest BCUT2D eigenvalue weighted by atomic mass is 9.92. The second-order valence-electron chi connectivity index (χ2n) is 7.10. The number of alkyl halides is 3. The summed E-state index contributed by atoms with van der Waals surface area (Å²) >= 11 is 5.35. The van der Waals surface area contributed by atoms with Gasteiger partial charge in [0.1, 0.15) is 17.9 Å². The highest BCUT2D eigenvalue weighted by atomic mass is 32.1. The maximum Gasteiger partial charge on any atom is 0.419 e. The molecule has 2 aliphatic rings. The topological polar surface area (TPSA) is 86.5 Å². The van der Waals surface area contributed by atoms with Gasteiger partial charge in [-0.1, -0.05) is 0 Å². The fourth-order valence-corrected chi connectivity index (χ4v) is 4.17. The SMILES string of the molecule is COC(=O)c1cc2c(cc1F)CC1C(=O)N(c3cnc(C#N)c(C(F)(F)F)c3)C(=S)N1C2. The number of rotatable bonds is 2. The molecular weight excluding hydrogens is 452 g/mol. The van der Waals surface area contributed by atoms with E-state index in [1.54, 1.807) is 0 Å². The van der Waals surface area contributed by atoms with Gasteiger partial charge in [0, 0.05) is 13.0 Å². The van der Waals surface area contributed by atoms with Crippen molar-refractivity contribution in [1.29, 1.82) is 5.26 Å². The number of carbonyl (C=O) groups excluding carboxylic acids is 2. The van der Waals surface area contributed by atoms with Crippen molar-refractivity contribution in [3.63, 3.8) is 0 Å². The summed E-state index contributed by atoms with van der Waals surface area (Å²) in [6.07, 6.45) is -3.85. The van der Waals surface area contributed by atoms with Gasteiger partial charge in [0.05, 0.1) is 30.1 Å². The Kier molecular flexibility index (Phi) is 5.09. The minimum absolute atomic E-state index is 0.0407. The molecule has 4 rings (SSSR count). The Morgan fingerprint density at radius 1 is 1.31 bits per heavy atom. The predicted molar refractivity (Wildman–Crippen MR) is 105 cm³/mol. The summed E-state index contributed by atoms with van der Waals surface area (Å²) in [5, 5.41) is 8.86. The van der Waals surface area contributed by atoms with Gasteiger partial charge in [-0.3, -0.25) is 9.69 Å². The molecule has 0 bridgehead atoms. The molecule has 32 heavy (non-hydrogen) atoms. The van der Waals surface area contributed by atoms with Crippen LogP contribution in [-0.4, -0.2) is 40.0 Å². The number of hydrogen-bond acceptors (Lipinski definition) is 6. The largest absolute Gasteiger partial charge is 0.465 e. The molecule has 1 fully saturated rings. The first-order valence-corrected chi connectivity index (χ1v) is 9.49. The lowest BCUT2D eigenvalue weighted by molar-refractivity contribution is -0.138. The predicted octanol–water partition coefficient (Wildman–Crippen LogP) is 2.96. The molecule has 1 aromatic heterocycles. The molecule has 1 amide bonds. The van der Waals surface area contributed by atoms with E-state index in [0.717, 1.165) is 24.3 Å². The number of halogens is 4. The van der Waals surface area contributed by atoms with Crippen molar-refractivity contribution < 1.29 is 31.9 Å². The smallest absolute Gasteiger partial charge is 0.419 e. The number of esters is 1. The number of nitriles is 1. The van der Waals surface area contributed by atoms with Gasteiger partial charge in [0.15, 0.2) is 10.8 Å². The molecule has 0 N–H and O–H groups in total. The number of aromatic nitrogens is 1. The first-order chi connectivity index (χ1) is 15.1. The summed E-state index contributed by atoms with van der Waals surface area (Å²) < 4.78 is 58.9. The monoisotopic (exact) mass is 464 g/mol. The standard InChI is InChI=1S/C20H12F4N4O3S/c1-31-18(30)12-2-10-8-27-16(4-9(10)3-14(12)21)17(29)28(19(27)32)11-5-13(20(22,23)24)15(6-25)26-7-11/h2-3,5,7,16H,4,8H2,1H3. The Balaban J connectivity index is 1.72. The maximum absolute atomic E-state index is 14.3. The van der Waals surface area contributed by atoms with Crippen molar-refractivity contribution in [3.05, 3.63) is 58.2 Å². The van der Waals surface area contributed by atoms with E-state index in [1.807, 2.05) is 0 Å². The quantitative estimate of drug-likeness (QED) is 0.384. The van der Waals surface area contributed by atoms with Crippen LogP contribution < -0.4 is 4.90 Å². The number of hydrogen-bond donors (Lipinski definition) is 0. The fourth-order valence-electron chi connectivity index (χ4n) is 3.79. The third-order valence-corrected chi connectivity index (χ3v) is 5.73. The third-order valence-electron chi connectivity index (χ3n) is 5.31. The Morgan fingerprint density at radius 2 is 2.03 bits per heavy atom. The van der Waals surface area contributed by atoms with Gasteiger partial charge in [-0.2, -0.15) is 18.4 Å². The molecule has 1 aromatic carbocycles. The van der Waals surface area contributed by atoms with Crippen LogP contribution in [0.25, 0.3) is 0 Å². The molecule has 2 aliphatic heterocycles. The molecular formula is C20H12F4N4O3S. The number of fused-ring (bicyclic) bond motifs is 2. The lowest BCUT2D eigenvalue weighted by Gasteiger charge is -2.30. The van der Waals surface area contributed by atoms with Crippen molar-refractivity contribution in [2.45, 2.75) is 25.2 Å². The van der Waals surface area contributed by atoms with Crippen LogP contribution in [0.1, 0.15) is 32.7 Å². The molecule has 0 spiro atoms. The number of pyridine rings is 1. The number of amides is 1. The van der Waals surface area contributed by atoms with Gasteiger partial charge in [-0.25, -0.2) is 14.2 Å². The molecule has 2 aromatic rings. The van der Waals surface area contributed by atoms with Gasteiger partial charge >= 0.3 is 12.1 Å². The van der Waals surface area contributed by atoms with Crippen LogP contribution in [0.4, 0.5) is 23.2 Å². The minimum atomic E-state index is -4.86. The highest BCUT2D eigenvalue weighted by molar-refractivity contribution is 7.80. The van der Waals surface area contributed by atoms with Crippen LogP contribution >= 0.6 is 12.2 Å². The van der Waals surface area contributed by atoms with Crippen LogP contribution in [0.15, 0.2) is 24.4 Å². The van der Waals surface area contributed by atoms with Crippen molar-refractivity contribution in [1.82, 2.24) is 9.88 Å². The van der Waals surface area contributed by atoms with Crippen molar-refractivity contribution in [3.8, 4) is 6.07 Å². The zero-order valence-corrected chi connectivity index (χ0v) is 17.1. The molecule has 0 aliphatic carbocycles. The minimum Gasteiger partial charge on any atom is -0.465 e. The first-order valence-electron chi connectivity index (χ1n) is 9.08. The summed E-state index contributed by atoms with van der Waals surface area (Å²) in [4.78, 5) is 30.8. The van der Waals surface area contributed by atoms with E-state index in [-0.39, 0.29) is 29.3 Å². The lowest BCUT2D eigenvalue weighted by Crippen LogP contribution is -2.40. The second-order valence-corrected chi connectivity index (χ2v) is 7.46. The number of benzene rings is 1. The molecule has 0 radical (unpaired) electrons. The zero-order chi connectivity index (χ0) is 23.4. The average molecular weight is 464 g/mol. The van der Waals surface area contributed by atoms with Crippen LogP contribution in [-0.2, 0) is 28.7 Å². The molecule has 1 saturated heterocycles. The van der Waals surface area contributed by atoms with Crippen molar-refractivity contribution in [2.75, 3.05) is 12.0 Å². The van der Waals surface area contributed by atoms with E-state index in [9.17, 15) is 27.2 Å². The van der Waals surface area contributed by atoms with E-state index >= 15 is 0 Å². The summed E-state index contributed by atoms with van der Waals surface area (Å²) in [7, 11) is 1.12. The molecule has 0 saturated carbocycles. The zero-order valence-electron chi connectivity index (χ0n) is 16.2. The van der Waals surface area contributed by atoms with Crippen molar-refractivity contribution >= 4 is 34.9 Å². The van der Waals surface area contributed by atoms with Gasteiger partial charge < -0.3 is 9.64 Å². The van der Waals surface area contributed by atoms with Crippen LogP contribution in [0.3, 0.4) is 0 Å². The third kappa shape index (κ3) is 3.34. The Labute approximate surface area is 183 Å².